The minimum absolute atomic E-state index is 0.0287. The monoisotopic (exact) mass is 276 g/mol. The predicted molar refractivity (Wildman–Crippen MR) is 75.3 cm³/mol. The summed E-state index contributed by atoms with van der Waals surface area (Å²) in [7, 11) is -3.48. The molecule has 1 fully saturated rings. The molecule has 0 spiro atoms. The van der Waals surface area contributed by atoms with E-state index in [1.165, 1.54) is 0 Å². The molecule has 2 aromatic carbocycles. The molecule has 0 amide bonds. The molecule has 0 aromatic heterocycles. The average molecular weight is 276 g/mol. The summed E-state index contributed by atoms with van der Waals surface area (Å²) in [5.41, 5.74) is 5.68. The summed E-state index contributed by atoms with van der Waals surface area (Å²) in [4.78, 5) is 0.339. The quantitative estimate of drug-likeness (QED) is 0.894. The molecule has 100 valence electrons. The third-order valence-corrected chi connectivity index (χ3v) is 5.11. The smallest absolute Gasteiger partial charge is 0.241 e. The molecule has 0 aliphatic heterocycles. The molecule has 1 aliphatic rings. The van der Waals surface area contributed by atoms with Crippen molar-refractivity contribution in [3.05, 3.63) is 42.5 Å². The van der Waals surface area contributed by atoms with Gasteiger partial charge in [-0.2, -0.15) is 0 Å². The standard InChI is InChI=1S/C14H16N2O2S/c15-11-8-12(9-11)16-19(17,18)14-7-3-5-10-4-1-2-6-13(10)14/h1-7,11-12,16H,8-9,15H2. The van der Waals surface area contributed by atoms with Crippen molar-refractivity contribution in [1.29, 1.82) is 0 Å². The van der Waals surface area contributed by atoms with Gasteiger partial charge in [0.1, 0.15) is 0 Å². The van der Waals surface area contributed by atoms with Gasteiger partial charge in [-0.15, -0.1) is 0 Å². The van der Waals surface area contributed by atoms with Crippen molar-refractivity contribution < 1.29 is 8.42 Å². The second kappa shape index (κ2) is 4.59. The van der Waals surface area contributed by atoms with Crippen molar-refractivity contribution in [2.24, 2.45) is 5.73 Å². The lowest BCUT2D eigenvalue weighted by atomic mass is 9.89. The molecule has 3 rings (SSSR count). The lowest BCUT2D eigenvalue weighted by Gasteiger charge is -2.32. The van der Waals surface area contributed by atoms with Crippen LogP contribution in [0.25, 0.3) is 10.8 Å². The molecule has 2 aromatic rings. The van der Waals surface area contributed by atoms with Gasteiger partial charge in [-0.05, 0) is 24.3 Å². The summed E-state index contributed by atoms with van der Waals surface area (Å²) < 4.78 is 27.5. The first kappa shape index (κ1) is 12.6. The number of sulfonamides is 1. The molecule has 0 unspecified atom stereocenters. The Morgan fingerprint density at radius 1 is 1.05 bits per heavy atom. The number of nitrogens with two attached hydrogens (primary N) is 1. The van der Waals surface area contributed by atoms with Crippen LogP contribution in [0.4, 0.5) is 0 Å². The molecule has 0 saturated heterocycles. The molecule has 5 heteroatoms. The summed E-state index contributed by atoms with van der Waals surface area (Å²) in [5.74, 6) is 0. The van der Waals surface area contributed by atoms with Crippen molar-refractivity contribution >= 4 is 20.8 Å². The topological polar surface area (TPSA) is 72.2 Å². The fraction of sp³-hybridized carbons (Fsp3) is 0.286. The minimum atomic E-state index is -3.48. The van der Waals surface area contributed by atoms with Crippen LogP contribution < -0.4 is 10.5 Å². The molecule has 4 nitrogen and oxygen atoms in total. The second-order valence-electron chi connectivity index (χ2n) is 5.03. The zero-order valence-electron chi connectivity index (χ0n) is 10.4. The van der Waals surface area contributed by atoms with Gasteiger partial charge in [0.15, 0.2) is 0 Å². The van der Waals surface area contributed by atoms with Crippen LogP contribution in [0, 0.1) is 0 Å². The summed E-state index contributed by atoms with van der Waals surface area (Å²) in [6.07, 6.45) is 1.42. The first-order valence-electron chi connectivity index (χ1n) is 6.32. The fourth-order valence-corrected chi connectivity index (χ4v) is 3.96. The summed E-state index contributed by atoms with van der Waals surface area (Å²) in [5, 5.41) is 1.68. The molecule has 1 aliphatic carbocycles. The van der Waals surface area contributed by atoms with E-state index >= 15 is 0 Å². The van der Waals surface area contributed by atoms with Crippen LogP contribution in [0.3, 0.4) is 0 Å². The SMILES string of the molecule is NC1CC(NS(=O)(=O)c2cccc3ccccc23)C1. The van der Waals surface area contributed by atoms with E-state index in [1.807, 2.05) is 30.3 Å². The van der Waals surface area contributed by atoms with Gasteiger partial charge in [0.05, 0.1) is 4.90 Å². The Hall–Kier alpha value is -1.43. The Morgan fingerprint density at radius 3 is 2.47 bits per heavy atom. The highest BCUT2D eigenvalue weighted by Gasteiger charge is 2.30. The van der Waals surface area contributed by atoms with Crippen LogP contribution in [0.1, 0.15) is 12.8 Å². The zero-order valence-corrected chi connectivity index (χ0v) is 11.2. The normalized spacial score (nSPS) is 23.2. The van der Waals surface area contributed by atoms with Crippen LogP contribution in [0.5, 0.6) is 0 Å². The number of hydrogen-bond donors (Lipinski definition) is 2. The summed E-state index contributed by atoms with van der Waals surface area (Å²) >= 11 is 0. The highest BCUT2D eigenvalue weighted by Crippen LogP contribution is 2.25. The number of benzene rings is 2. The molecule has 0 heterocycles. The number of rotatable bonds is 3. The number of fused-ring (bicyclic) bond motifs is 1. The van der Waals surface area contributed by atoms with Gasteiger partial charge in [-0.3, -0.25) is 0 Å². The van der Waals surface area contributed by atoms with Crippen molar-refractivity contribution in [2.45, 2.75) is 29.8 Å². The van der Waals surface area contributed by atoms with Gasteiger partial charge in [-0.25, -0.2) is 13.1 Å². The minimum Gasteiger partial charge on any atom is -0.328 e. The van der Waals surface area contributed by atoms with Gasteiger partial charge in [0.25, 0.3) is 0 Å². The first-order valence-corrected chi connectivity index (χ1v) is 7.80. The van der Waals surface area contributed by atoms with Crippen LogP contribution in [-0.2, 0) is 10.0 Å². The van der Waals surface area contributed by atoms with Gasteiger partial charge in [-0.1, -0.05) is 36.4 Å². The van der Waals surface area contributed by atoms with E-state index in [4.69, 9.17) is 5.73 Å². The Morgan fingerprint density at radius 2 is 1.74 bits per heavy atom. The lowest BCUT2D eigenvalue weighted by Crippen LogP contribution is -2.50. The molecular formula is C14H16N2O2S. The summed E-state index contributed by atoms with van der Waals surface area (Å²) in [6.45, 7) is 0. The van der Waals surface area contributed by atoms with Crippen molar-refractivity contribution in [2.75, 3.05) is 0 Å². The fourth-order valence-electron chi connectivity index (χ4n) is 2.47. The third kappa shape index (κ3) is 2.36. The number of hydrogen-bond acceptors (Lipinski definition) is 3. The van der Waals surface area contributed by atoms with Crippen molar-refractivity contribution in [1.82, 2.24) is 4.72 Å². The van der Waals surface area contributed by atoms with Gasteiger partial charge < -0.3 is 5.73 Å². The van der Waals surface area contributed by atoms with Crippen LogP contribution in [-0.4, -0.2) is 20.5 Å². The second-order valence-corrected chi connectivity index (χ2v) is 6.71. The molecule has 0 atom stereocenters. The maximum absolute atomic E-state index is 12.4. The maximum atomic E-state index is 12.4. The zero-order chi connectivity index (χ0) is 13.5. The lowest BCUT2D eigenvalue weighted by molar-refractivity contribution is 0.327. The largest absolute Gasteiger partial charge is 0.328 e. The Labute approximate surface area is 112 Å². The number of nitrogens with one attached hydrogen (secondary N) is 1. The van der Waals surface area contributed by atoms with Gasteiger partial charge in [0, 0.05) is 17.5 Å². The Bertz CT molecular complexity index is 701. The molecule has 3 N–H and O–H groups in total. The van der Waals surface area contributed by atoms with E-state index in [0.717, 1.165) is 10.8 Å². The van der Waals surface area contributed by atoms with Crippen molar-refractivity contribution in [3.63, 3.8) is 0 Å². The van der Waals surface area contributed by atoms with Crippen molar-refractivity contribution in [3.8, 4) is 0 Å². The van der Waals surface area contributed by atoms with Crippen LogP contribution in [0.2, 0.25) is 0 Å². The predicted octanol–water partition coefficient (Wildman–Crippen LogP) is 1.61. The molecule has 0 bridgehead atoms. The van der Waals surface area contributed by atoms with E-state index in [2.05, 4.69) is 4.72 Å². The van der Waals surface area contributed by atoms with E-state index in [0.29, 0.717) is 17.7 Å². The Kier molecular flexibility index (Phi) is 3.05. The molecular weight excluding hydrogens is 260 g/mol. The molecule has 0 radical (unpaired) electrons. The summed E-state index contributed by atoms with van der Waals surface area (Å²) in [6, 6.07) is 12.9. The van der Waals surface area contributed by atoms with E-state index in [1.54, 1.807) is 12.1 Å². The maximum Gasteiger partial charge on any atom is 0.241 e. The third-order valence-electron chi connectivity index (χ3n) is 3.54. The van der Waals surface area contributed by atoms with Gasteiger partial charge in [0.2, 0.25) is 10.0 Å². The molecule has 19 heavy (non-hydrogen) atoms. The van der Waals surface area contributed by atoms with Gasteiger partial charge >= 0.3 is 0 Å². The van der Waals surface area contributed by atoms with E-state index in [9.17, 15) is 8.42 Å². The average Bonchev–Trinajstić information content (AvgIpc) is 2.36. The first-order chi connectivity index (χ1) is 9.06. The molecule has 1 saturated carbocycles. The van der Waals surface area contributed by atoms with E-state index in [-0.39, 0.29) is 12.1 Å². The highest BCUT2D eigenvalue weighted by molar-refractivity contribution is 7.89. The highest BCUT2D eigenvalue weighted by atomic mass is 32.2. The van der Waals surface area contributed by atoms with Crippen LogP contribution in [0.15, 0.2) is 47.4 Å². The Balaban J connectivity index is 1.99. The van der Waals surface area contributed by atoms with Crippen LogP contribution >= 0.6 is 0 Å². The van der Waals surface area contributed by atoms with E-state index < -0.39 is 10.0 Å².